The van der Waals surface area contributed by atoms with Gasteiger partial charge in [-0.05, 0) is 24.7 Å². The molecule has 0 unspecified atom stereocenters. The fraction of sp³-hybridized carbons (Fsp3) is 0.885. The van der Waals surface area contributed by atoms with Crippen molar-refractivity contribution < 1.29 is 34.3 Å². The second kappa shape index (κ2) is 15.8. The molecule has 0 aromatic carbocycles. The number of esters is 1. The first-order valence-corrected chi connectivity index (χ1v) is 15.8. The molecule has 13 heteroatoms. The number of carbonyl (C=O) groups is 1. The third-order valence-corrected chi connectivity index (χ3v) is 9.70. The Labute approximate surface area is 240 Å². The Bertz CT molecular complexity index is 851. The Morgan fingerprint density at radius 2 is 1.44 bits per heavy atom. The van der Waals surface area contributed by atoms with Crippen LogP contribution < -0.4 is 10.6 Å². The van der Waals surface area contributed by atoms with E-state index >= 15 is 0 Å². The summed E-state index contributed by atoms with van der Waals surface area (Å²) in [6, 6.07) is -0.0767. The van der Waals surface area contributed by atoms with E-state index in [1.54, 1.807) is 11.8 Å². The summed E-state index contributed by atoms with van der Waals surface area (Å²) in [6.07, 6.45) is 1.59. The topological polar surface area (TPSA) is 154 Å². The van der Waals surface area contributed by atoms with Crippen molar-refractivity contribution in [3.05, 3.63) is 0 Å². The molecule has 4 saturated heterocycles. The number of aliphatic hydroxyl groups excluding tert-OH is 3. The smallest absolute Gasteiger partial charge is 0.302 e. The molecule has 0 saturated carbocycles. The predicted octanol–water partition coefficient (Wildman–Crippen LogP) is 1.69. The highest BCUT2D eigenvalue weighted by molar-refractivity contribution is 8.14. The first-order valence-electron chi connectivity index (χ1n) is 14.1. The normalized spacial score (nSPS) is 39.3. The predicted molar refractivity (Wildman–Crippen MR) is 155 cm³/mol. The fourth-order valence-corrected chi connectivity index (χ4v) is 7.15. The molecule has 39 heavy (non-hydrogen) atoms. The largest absolute Gasteiger partial charge is 0.463 e. The van der Waals surface area contributed by atoms with E-state index in [0.717, 1.165) is 49.1 Å². The maximum Gasteiger partial charge on any atom is 0.302 e. The number of hydrogen-bond acceptors (Lipinski definition) is 11. The van der Waals surface area contributed by atoms with Crippen LogP contribution in [0.5, 0.6) is 0 Å². The van der Waals surface area contributed by atoms with E-state index in [2.05, 4.69) is 48.3 Å². The van der Waals surface area contributed by atoms with Crippen molar-refractivity contribution in [1.29, 1.82) is 0 Å². The second-order valence-electron chi connectivity index (χ2n) is 10.4. The molecule has 0 spiro atoms. The third-order valence-electron chi connectivity index (χ3n) is 7.49. The summed E-state index contributed by atoms with van der Waals surface area (Å²) < 4.78 is 16.8. The molecule has 0 aromatic rings. The summed E-state index contributed by atoms with van der Waals surface area (Å²) in [5, 5.41) is 37.1. The van der Waals surface area contributed by atoms with E-state index in [-0.39, 0.29) is 35.6 Å². The molecule has 4 rings (SSSR count). The first-order chi connectivity index (χ1) is 18.7. The quantitative estimate of drug-likeness (QED) is 0.197. The molecule has 4 heterocycles. The second-order valence-corrected chi connectivity index (χ2v) is 12.6. The zero-order valence-corrected chi connectivity index (χ0v) is 25.2. The SMILES string of the molecule is CCCCN=C1N[C@@H]2[C@@H](C)[C@H](C)[C@@H](COC(C)=O)O[C@@H]2S1.CCCCN=C1N[C@@H]2[C@@H](O)[C@H](O)[C@@H](CO)O[C@@H]2S1. The molecule has 5 N–H and O–H groups in total. The summed E-state index contributed by atoms with van der Waals surface area (Å²) >= 11 is 3.07. The molecule has 0 radical (unpaired) electrons. The Kier molecular flexibility index (Phi) is 13.1. The van der Waals surface area contributed by atoms with Crippen LogP contribution in [0.3, 0.4) is 0 Å². The van der Waals surface area contributed by atoms with Gasteiger partial charge < -0.3 is 40.2 Å². The highest BCUT2D eigenvalue weighted by Crippen LogP contribution is 2.39. The lowest BCUT2D eigenvalue weighted by Gasteiger charge is -2.40. The van der Waals surface area contributed by atoms with E-state index < -0.39 is 18.3 Å². The highest BCUT2D eigenvalue weighted by Gasteiger charge is 2.49. The molecular formula is C26H46N4O7S2. The van der Waals surface area contributed by atoms with Crippen molar-refractivity contribution in [2.24, 2.45) is 21.8 Å². The number of amidine groups is 2. The first kappa shape index (κ1) is 32.4. The van der Waals surface area contributed by atoms with Gasteiger partial charge in [0.05, 0.1) is 24.8 Å². The van der Waals surface area contributed by atoms with Crippen LogP contribution in [0.25, 0.3) is 0 Å². The molecular weight excluding hydrogens is 544 g/mol. The maximum absolute atomic E-state index is 11.0. The van der Waals surface area contributed by atoms with Crippen LogP contribution in [0.4, 0.5) is 0 Å². The van der Waals surface area contributed by atoms with Crippen molar-refractivity contribution in [2.45, 2.75) is 108 Å². The lowest BCUT2D eigenvalue weighted by atomic mass is 9.83. The van der Waals surface area contributed by atoms with Crippen LogP contribution in [0.2, 0.25) is 0 Å². The number of aliphatic hydroxyl groups is 3. The Morgan fingerprint density at radius 3 is 1.97 bits per heavy atom. The van der Waals surface area contributed by atoms with Gasteiger partial charge in [-0.3, -0.25) is 14.8 Å². The Morgan fingerprint density at radius 1 is 0.897 bits per heavy atom. The number of thioether (sulfide) groups is 2. The molecule has 0 bridgehead atoms. The molecule has 11 nitrogen and oxygen atoms in total. The number of carbonyl (C=O) groups excluding carboxylic acids is 1. The average Bonchev–Trinajstić information content (AvgIpc) is 3.52. The van der Waals surface area contributed by atoms with Gasteiger partial charge in [-0.25, -0.2) is 0 Å². The zero-order chi connectivity index (χ0) is 28.5. The minimum absolute atomic E-state index is 0.0329. The molecule has 4 aliphatic heterocycles. The van der Waals surface area contributed by atoms with Crippen molar-refractivity contribution in [2.75, 3.05) is 26.3 Å². The lowest BCUT2D eigenvalue weighted by Crippen LogP contribution is -2.59. The number of aliphatic imine (C=N–C) groups is 2. The molecule has 4 fully saturated rings. The van der Waals surface area contributed by atoms with Crippen molar-refractivity contribution in [3.63, 3.8) is 0 Å². The highest BCUT2D eigenvalue weighted by atomic mass is 32.2. The fourth-order valence-electron chi connectivity index (χ4n) is 4.74. The van der Waals surface area contributed by atoms with Gasteiger partial charge in [-0.2, -0.15) is 0 Å². The number of nitrogens with zero attached hydrogens (tertiary/aromatic N) is 2. The zero-order valence-electron chi connectivity index (χ0n) is 23.6. The van der Waals surface area contributed by atoms with Crippen molar-refractivity contribution in [3.8, 4) is 0 Å². The van der Waals surface area contributed by atoms with Gasteiger partial charge in [-0.15, -0.1) is 0 Å². The van der Waals surface area contributed by atoms with Crippen LogP contribution in [-0.4, -0.2) is 105 Å². The summed E-state index contributed by atoms with van der Waals surface area (Å²) in [5.41, 5.74) is -0.238. The maximum atomic E-state index is 11.0. The third kappa shape index (κ3) is 8.70. The van der Waals surface area contributed by atoms with E-state index in [9.17, 15) is 15.0 Å². The molecule has 0 aliphatic carbocycles. The number of nitrogens with one attached hydrogen (secondary N) is 2. The number of ether oxygens (including phenoxy) is 3. The van der Waals surface area contributed by atoms with Crippen molar-refractivity contribution in [1.82, 2.24) is 10.6 Å². The van der Waals surface area contributed by atoms with Crippen LogP contribution in [-0.2, 0) is 19.0 Å². The Balaban J connectivity index is 0.000000218. The van der Waals surface area contributed by atoms with Crippen molar-refractivity contribution >= 4 is 39.8 Å². The average molecular weight is 591 g/mol. The van der Waals surface area contributed by atoms with Gasteiger partial charge in [0.1, 0.15) is 35.8 Å². The van der Waals surface area contributed by atoms with E-state index in [1.165, 1.54) is 18.7 Å². The molecule has 0 aromatic heterocycles. The minimum atomic E-state index is -1.07. The van der Waals surface area contributed by atoms with E-state index in [0.29, 0.717) is 24.5 Å². The van der Waals surface area contributed by atoms with Gasteiger partial charge in [0.25, 0.3) is 0 Å². The molecule has 4 aliphatic rings. The summed E-state index contributed by atoms with van der Waals surface area (Å²) in [4.78, 5) is 20.0. The number of fused-ring (bicyclic) bond motifs is 2. The van der Waals surface area contributed by atoms with Crippen LogP contribution in [0.15, 0.2) is 9.98 Å². The van der Waals surface area contributed by atoms with E-state index in [4.69, 9.17) is 19.3 Å². The number of unbranched alkanes of at least 4 members (excludes halogenated alkanes) is 2. The minimum Gasteiger partial charge on any atom is -0.463 e. The number of rotatable bonds is 9. The molecule has 0 amide bonds. The van der Waals surface area contributed by atoms with Gasteiger partial charge in [0.15, 0.2) is 10.3 Å². The van der Waals surface area contributed by atoms with E-state index in [1.807, 2.05) is 0 Å². The van der Waals surface area contributed by atoms with Crippen LogP contribution in [0.1, 0.15) is 60.3 Å². The monoisotopic (exact) mass is 590 g/mol. The molecule has 224 valence electrons. The summed E-state index contributed by atoms with van der Waals surface area (Å²) in [5.74, 6) is 0.545. The summed E-state index contributed by atoms with van der Waals surface area (Å²) in [7, 11) is 0. The van der Waals surface area contributed by atoms with Gasteiger partial charge in [-0.1, -0.05) is 64.1 Å². The lowest BCUT2D eigenvalue weighted by molar-refractivity contribution is -0.167. The summed E-state index contributed by atoms with van der Waals surface area (Å²) in [6.45, 7) is 11.7. The Hall–Kier alpha value is -1.09. The standard InChI is InChI=1S/C15H26N2O3S.C11H20N2O4S/c1-5-6-7-16-15-17-13-10(3)9(2)12(8-19-11(4)18)20-14(13)21-15;1-2-3-4-12-11-13-7-9(16)8(15)6(5-14)17-10(7)18-11/h9-10,12-14H,5-8H2,1-4H3,(H,16,17);6-10,14-16H,2-5H2,1H3,(H,12,13)/t9-,10-,12+,13+,14+;6-,7-,8-,9-,10-/m01/s1. The molecule has 10 atom stereocenters. The van der Waals surface area contributed by atoms with Gasteiger partial charge in [0.2, 0.25) is 0 Å². The number of hydrogen-bond donors (Lipinski definition) is 5. The van der Waals surface area contributed by atoms with Gasteiger partial charge >= 0.3 is 5.97 Å². The van der Waals surface area contributed by atoms with Crippen LogP contribution in [0, 0.1) is 11.8 Å². The van der Waals surface area contributed by atoms with Crippen LogP contribution >= 0.6 is 23.5 Å². The van der Waals surface area contributed by atoms with Gasteiger partial charge in [0, 0.05) is 20.0 Å².